The fourth-order valence-corrected chi connectivity index (χ4v) is 4.52. The quantitative estimate of drug-likeness (QED) is 0.450. The molecule has 1 aliphatic carbocycles. The third-order valence-electron chi connectivity index (χ3n) is 6.41. The standard InChI is InChI=1S/C26H27N3O7.C2H6/c1-15-13-35-25(36-14-15)17-7-5-16(6-8-17)22(30)21-23(31)18-3-2-4-19(20(18)24(21)32)27-26(33)28-29-9-11-34-12-10-29;1-2/h2-8,15,21,25H,9-14H2,1H3,(H2,27,28,33);1-2H3. The average molecular weight is 524 g/mol. The zero-order valence-electron chi connectivity index (χ0n) is 21.8. The van der Waals surface area contributed by atoms with Crippen molar-refractivity contribution in [2.24, 2.45) is 11.8 Å². The molecule has 2 saturated heterocycles. The second kappa shape index (κ2) is 12.4. The zero-order chi connectivity index (χ0) is 27.2. The third kappa shape index (κ3) is 5.83. The van der Waals surface area contributed by atoms with Gasteiger partial charge in [0.2, 0.25) is 0 Å². The van der Waals surface area contributed by atoms with Gasteiger partial charge in [0.25, 0.3) is 0 Å². The van der Waals surface area contributed by atoms with Crippen LogP contribution in [0.25, 0.3) is 0 Å². The first-order valence-electron chi connectivity index (χ1n) is 12.9. The van der Waals surface area contributed by atoms with E-state index in [9.17, 15) is 19.2 Å². The first-order chi connectivity index (χ1) is 18.4. The van der Waals surface area contributed by atoms with Crippen molar-refractivity contribution in [3.8, 4) is 0 Å². The van der Waals surface area contributed by atoms with Crippen molar-refractivity contribution in [1.82, 2.24) is 10.4 Å². The maximum Gasteiger partial charge on any atom is 0.333 e. The van der Waals surface area contributed by atoms with Gasteiger partial charge in [0.05, 0.1) is 37.7 Å². The van der Waals surface area contributed by atoms with Gasteiger partial charge < -0.3 is 19.5 Å². The molecule has 2 heterocycles. The van der Waals surface area contributed by atoms with Crippen LogP contribution in [0.5, 0.6) is 0 Å². The Hall–Kier alpha value is -3.44. The maximum absolute atomic E-state index is 13.3. The van der Waals surface area contributed by atoms with E-state index in [1.807, 2.05) is 20.8 Å². The lowest BCUT2D eigenvalue weighted by Crippen LogP contribution is -2.49. The smallest absolute Gasteiger partial charge is 0.333 e. The molecular formula is C28H33N3O7. The lowest BCUT2D eigenvalue weighted by molar-refractivity contribution is -0.202. The van der Waals surface area contributed by atoms with E-state index in [1.165, 1.54) is 12.1 Å². The summed E-state index contributed by atoms with van der Waals surface area (Å²) < 4.78 is 16.6. The summed E-state index contributed by atoms with van der Waals surface area (Å²) in [6.07, 6.45) is -0.512. The lowest BCUT2D eigenvalue weighted by Gasteiger charge is -2.27. The summed E-state index contributed by atoms with van der Waals surface area (Å²) >= 11 is 0. The number of hydrogen-bond acceptors (Lipinski definition) is 8. The first kappa shape index (κ1) is 27.6. The summed E-state index contributed by atoms with van der Waals surface area (Å²) in [5.74, 6) is -2.96. The average Bonchev–Trinajstić information content (AvgIpc) is 3.20. The summed E-state index contributed by atoms with van der Waals surface area (Å²) in [5.41, 5.74) is 4.04. The number of fused-ring (bicyclic) bond motifs is 1. The molecule has 2 fully saturated rings. The Morgan fingerprint density at radius 1 is 0.921 bits per heavy atom. The number of ketones is 3. The Morgan fingerprint density at radius 3 is 2.24 bits per heavy atom. The number of anilines is 1. The SMILES string of the molecule is CC.CC1COC(c2ccc(C(=O)C3C(=O)c4cccc(NC(=O)NN5CCOCC5)c4C3=O)cc2)OC1. The number of benzene rings is 2. The van der Waals surface area contributed by atoms with Gasteiger partial charge in [0.1, 0.15) is 5.92 Å². The molecular weight excluding hydrogens is 490 g/mol. The van der Waals surface area contributed by atoms with Crippen molar-refractivity contribution >= 4 is 29.1 Å². The molecule has 2 amide bonds. The molecule has 2 aromatic carbocycles. The summed E-state index contributed by atoms with van der Waals surface area (Å²) in [7, 11) is 0. The summed E-state index contributed by atoms with van der Waals surface area (Å²) in [6, 6.07) is 10.6. The molecule has 2 aliphatic heterocycles. The highest BCUT2D eigenvalue weighted by molar-refractivity contribution is 6.39. The Bertz CT molecular complexity index is 1180. The van der Waals surface area contributed by atoms with Crippen LogP contribution in [-0.4, -0.2) is 67.9 Å². The van der Waals surface area contributed by atoms with Gasteiger partial charge >= 0.3 is 6.03 Å². The molecule has 0 spiro atoms. The van der Waals surface area contributed by atoms with Gasteiger partial charge in [-0.1, -0.05) is 57.2 Å². The number of carbonyl (C=O) groups is 4. The van der Waals surface area contributed by atoms with E-state index in [1.54, 1.807) is 35.3 Å². The highest BCUT2D eigenvalue weighted by Gasteiger charge is 2.45. The Balaban J connectivity index is 0.00000164. The number of Topliss-reactive ketones (excluding diaryl/α,β-unsaturated/α-hetero) is 3. The molecule has 1 atom stereocenters. The van der Waals surface area contributed by atoms with Crippen LogP contribution in [0.4, 0.5) is 10.5 Å². The predicted molar refractivity (Wildman–Crippen MR) is 139 cm³/mol. The van der Waals surface area contributed by atoms with Gasteiger partial charge in [-0.3, -0.25) is 19.8 Å². The van der Waals surface area contributed by atoms with Gasteiger partial charge in [-0.15, -0.1) is 0 Å². The van der Waals surface area contributed by atoms with Crippen molar-refractivity contribution in [2.75, 3.05) is 44.8 Å². The predicted octanol–water partition coefficient (Wildman–Crippen LogP) is 3.64. The molecule has 10 heteroatoms. The number of urea groups is 1. The number of hydrazine groups is 1. The molecule has 5 rings (SSSR count). The van der Waals surface area contributed by atoms with E-state index in [0.717, 1.165) is 5.56 Å². The van der Waals surface area contributed by atoms with Crippen LogP contribution >= 0.6 is 0 Å². The molecule has 38 heavy (non-hydrogen) atoms. The molecule has 2 aromatic rings. The van der Waals surface area contributed by atoms with Crippen LogP contribution in [0.15, 0.2) is 42.5 Å². The van der Waals surface area contributed by atoms with Crippen molar-refractivity contribution < 1.29 is 33.4 Å². The normalized spacial score (nSPS) is 23.2. The van der Waals surface area contributed by atoms with Crippen molar-refractivity contribution in [3.05, 3.63) is 64.7 Å². The maximum atomic E-state index is 13.3. The fourth-order valence-electron chi connectivity index (χ4n) is 4.52. The number of ether oxygens (including phenoxy) is 3. The summed E-state index contributed by atoms with van der Waals surface area (Å²) in [6.45, 7) is 9.25. The highest BCUT2D eigenvalue weighted by Crippen LogP contribution is 2.34. The number of nitrogens with one attached hydrogen (secondary N) is 2. The zero-order valence-corrected chi connectivity index (χ0v) is 21.8. The van der Waals surface area contributed by atoms with Crippen LogP contribution in [0.3, 0.4) is 0 Å². The van der Waals surface area contributed by atoms with E-state index >= 15 is 0 Å². The topological polar surface area (TPSA) is 123 Å². The molecule has 3 aliphatic rings. The lowest BCUT2D eigenvalue weighted by atomic mass is 9.92. The van der Waals surface area contributed by atoms with E-state index in [4.69, 9.17) is 14.2 Å². The van der Waals surface area contributed by atoms with Gasteiger partial charge in [-0.2, -0.15) is 0 Å². The third-order valence-corrected chi connectivity index (χ3v) is 6.41. The van der Waals surface area contributed by atoms with Crippen LogP contribution in [-0.2, 0) is 14.2 Å². The number of rotatable bonds is 5. The molecule has 10 nitrogen and oxygen atoms in total. The van der Waals surface area contributed by atoms with Crippen molar-refractivity contribution in [2.45, 2.75) is 27.1 Å². The first-order valence-corrected chi connectivity index (χ1v) is 12.9. The van der Waals surface area contributed by atoms with Gasteiger partial charge in [-0.05, 0) is 6.07 Å². The van der Waals surface area contributed by atoms with Gasteiger partial charge in [-0.25, -0.2) is 9.80 Å². The van der Waals surface area contributed by atoms with E-state index in [2.05, 4.69) is 10.7 Å². The van der Waals surface area contributed by atoms with Gasteiger partial charge in [0, 0.05) is 35.7 Å². The Labute approximate surface area is 221 Å². The van der Waals surface area contributed by atoms with Crippen molar-refractivity contribution in [3.63, 3.8) is 0 Å². The van der Waals surface area contributed by atoms with Crippen LogP contribution in [0.1, 0.15) is 63.7 Å². The van der Waals surface area contributed by atoms with Crippen LogP contribution in [0.2, 0.25) is 0 Å². The van der Waals surface area contributed by atoms with E-state index in [0.29, 0.717) is 45.4 Å². The number of hydrogen-bond donors (Lipinski definition) is 2. The fraction of sp³-hybridized carbons (Fsp3) is 0.429. The number of nitrogens with zero attached hydrogens (tertiary/aromatic N) is 1. The minimum atomic E-state index is -1.49. The van der Waals surface area contributed by atoms with Gasteiger partial charge in [0.15, 0.2) is 23.6 Å². The number of morpholine rings is 1. The number of carbonyl (C=O) groups excluding carboxylic acids is 4. The van der Waals surface area contributed by atoms with E-state index < -0.39 is 35.6 Å². The van der Waals surface area contributed by atoms with Crippen LogP contribution < -0.4 is 10.7 Å². The Kier molecular flexibility index (Phi) is 9.01. The van der Waals surface area contributed by atoms with Crippen molar-refractivity contribution in [1.29, 1.82) is 0 Å². The molecule has 0 bridgehead atoms. The molecule has 202 valence electrons. The minimum absolute atomic E-state index is 0.0488. The molecule has 2 N–H and O–H groups in total. The second-order valence-corrected chi connectivity index (χ2v) is 9.15. The molecule has 0 saturated carbocycles. The summed E-state index contributed by atoms with van der Waals surface area (Å²) in [5, 5.41) is 4.35. The Morgan fingerprint density at radius 2 is 1.58 bits per heavy atom. The monoisotopic (exact) mass is 523 g/mol. The molecule has 0 aromatic heterocycles. The highest BCUT2D eigenvalue weighted by atomic mass is 16.7. The van der Waals surface area contributed by atoms with Crippen LogP contribution in [0, 0.1) is 11.8 Å². The minimum Gasteiger partial charge on any atom is -0.379 e. The summed E-state index contributed by atoms with van der Waals surface area (Å²) in [4.78, 5) is 52.1. The van der Waals surface area contributed by atoms with E-state index in [-0.39, 0.29) is 22.4 Å². The second-order valence-electron chi connectivity index (χ2n) is 9.15. The number of amides is 2. The molecule has 1 unspecified atom stereocenters. The molecule has 0 radical (unpaired) electrons. The largest absolute Gasteiger partial charge is 0.379 e.